The summed E-state index contributed by atoms with van der Waals surface area (Å²) in [7, 11) is 0. The summed E-state index contributed by atoms with van der Waals surface area (Å²) in [6.45, 7) is 5.49. The lowest BCUT2D eigenvalue weighted by atomic mass is 10.1. The first-order chi connectivity index (χ1) is 12.7. The second-order valence-electron chi connectivity index (χ2n) is 5.84. The standard InChI is InChI=1S/C20H22N2O4/c1-3-24-17-7-5-16(6-8-17)14(2)21-22-20(23)13-15-4-9-18-19(12-15)26-11-10-25-18/h4-9,12H,3,10-11,13H2,1-2H3,(H,22,23)/b21-14-. The van der Waals surface area contributed by atoms with E-state index in [0.717, 1.165) is 22.6 Å². The Kier molecular flexibility index (Phi) is 5.73. The van der Waals surface area contributed by atoms with Gasteiger partial charge in [-0.15, -0.1) is 0 Å². The summed E-state index contributed by atoms with van der Waals surface area (Å²) in [5.41, 5.74) is 5.09. The number of ether oxygens (including phenoxy) is 3. The average molecular weight is 354 g/mol. The minimum Gasteiger partial charge on any atom is -0.494 e. The molecule has 1 aliphatic heterocycles. The SMILES string of the molecule is CCOc1ccc(/C(C)=N\NC(=O)Cc2ccc3c(c2)OCCO3)cc1. The maximum Gasteiger partial charge on any atom is 0.244 e. The van der Waals surface area contributed by atoms with Crippen molar-refractivity contribution >= 4 is 11.6 Å². The lowest BCUT2D eigenvalue weighted by molar-refractivity contribution is -0.120. The Bertz CT molecular complexity index is 800. The normalized spacial score (nSPS) is 13.2. The third-order valence-electron chi connectivity index (χ3n) is 3.90. The lowest BCUT2D eigenvalue weighted by Gasteiger charge is -2.18. The highest BCUT2D eigenvalue weighted by Crippen LogP contribution is 2.30. The number of benzene rings is 2. The van der Waals surface area contributed by atoms with Gasteiger partial charge in [-0.2, -0.15) is 5.10 Å². The molecule has 6 nitrogen and oxygen atoms in total. The first-order valence-corrected chi connectivity index (χ1v) is 8.60. The molecule has 0 saturated carbocycles. The van der Waals surface area contributed by atoms with Crippen LogP contribution in [-0.4, -0.2) is 31.4 Å². The number of hydrazone groups is 1. The summed E-state index contributed by atoms with van der Waals surface area (Å²) in [6.07, 6.45) is 0.219. The molecule has 3 rings (SSSR count). The van der Waals surface area contributed by atoms with Gasteiger partial charge in [0.25, 0.3) is 0 Å². The van der Waals surface area contributed by atoms with Gasteiger partial charge in [0.05, 0.1) is 18.7 Å². The van der Waals surface area contributed by atoms with Crippen molar-refractivity contribution in [2.45, 2.75) is 20.3 Å². The molecule has 0 aliphatic carbocycles. The summed E-state index contributed by atoms with van der Waals surface area (Å²) < 4.78 is 16.4. The van der Waals surface area contributed by atoms with Crippen molar-refractivity contribution < 1.29 is 19.0 Å². The summed E-state index contributed by atoms with van der Waals surface area (Å²) in [5, 5.41) is 4.17. The fourth-order valence-corrected chi connectivity index (χ4v) is 2.59. The molecule has 2 aromatic rings. The van der Waals surface area contributed by atoms with Crippen molar-refractivity contribution in [3.8, 4) is 17.2 Å². The van der Waals surface area contributed by atoms with Crippen molar-refractivity contribution in [1.82, 2.24) is 5.43 Å². The van der Waals surface area contributed by atoms with Gasteiger partial charge in [0.15, 0.2) is 11.5 Å². The zero-order chi connectivity index (χ0) is 18.4. The Balaban J connectivity index is 1.58. The average Bonchev–Trinajstić information content (AvgIpc) is 2.67. The van der Waals surface area contributed by atoms with Crippen LogP contribution in [0.15, 0.2) is 47.6 Å². The summed E-state index contributed by atoms with van der Waals surface area (Å²) in [5.74, 6) is 2.01. The number of rotatable bonds is 6. The molecular weight excluding hydrogens is 332 g/mol. The number of nitrogens with one attached hydrogen (secondary N) is 1. The second-order valence-corrected chi connectivity index (χ2v) is 5.84. The maximum atomic E-state index is 12.1. The molecule has 0 saturated heterocycles. The van der Waals surface area contributed by atoms with Gasteiger partial charge in [0, 0.05) is 0 Å². The maximum absolute atomic E-state index is 12.1. The molecule has 0 bridgehead atoms. The highest BCUT2D eigenvalue weighted by Gasteiger charge is 2.13. The van der Waals surface area contributed by atoms with Gasteiger partial charge in [0.2, 0.25) is 5.91 Å². The number of nitrogens with zero attached hydrogens (tertiary/aromatic N) is 1. The van der Waals surface area contributed by atoms with Crippen LogP contribution in [0, 0.1) is 0 Å². The minimum absolute atomic E-state index is 0.188. The monoisotopic (exact) mass is 354 g/mol. The van der Waals surface area contributed by atoms with Gasteiger partial charge < -0.3 is 14.2 Å². The molecule has 2 aromatic carbocycles. The van der Waals surface area contributed by atoms with Gasteiger partial charge in [-0.1, -0.05) is 6.07 Å². The molecule has 136 valence electrons. The van der Waals surface area contributed by atoms with Crippen LogP contribution in [0.1, 0.15) is 25.0 Å². The van der Waals surface area contributed by atoms with Crippen LogP contribution >= 0.6 is 0 Å². The molecule has 1 N–H and O–H groups in total. The summed E-state index contributed by atoms with van der Waals surface area (Å²) in [4.78, 5) is 12.1. The molecule has 1 heterocycles. The van der Waals surface area contributed by atoms with Crippen LogP contribution in [-0.2, 0) is 11.2 Å². The number of hydrogen-bond acceptors (Lipinski definition) is 5. The van der Waals surface area contributed by atoms with Crippen LogP contribution in [0.5, 0.6) is 17.2 Å². The second kappa shape index (κ2) is 8.38. The molecule has 26 heavy (non-hydrogen) atoms. The van der Waals surface area contributed by atoms with E-state index in [1.54, 1.807) is 0 Å². The van der Waals surface area contributed by atoms with Crippen LogP contribution in [0.2, 0.25) is 0 Å². The van der Waals surface area contributed by atoms with Crippen molar-refractivity contribution in [3.05, 3.63) is 53.6 Å². The largest absolute Gasteiger partial charge is 0.494 e. The first-order valence-electron chi connectivity index (χ1n) is 8.60. The van der Waals surface area contributed by atoms with E-state index in [1.807, 2.05) is 56.3 Å². The Hall–Kier alpha value is -3.02. The molecule has 0 radical (unpaired) electrons. The Morgan fingerprint density at radius 1 is 1.12 bits per heavy atom. The van der Waals surface area contributed by atoms with Crippen molar-refractivity contribution in [1.29, 1.82) is 0 Å². The van der Waals surface area contributed by atoms with Crippen LogP contribution in [0.25, 0.3) is 0 Å². The number of fused-ring (bicyclic) bond motifs is 1. The Morgan fingerprint density at radius 2 is 1.85 bits per heavy atom. The zero-order valence-electron chi connectivity index (χ0n) is 15.0. The molecule has 6 heteroatoms. The molecule has 0 aromatic heterocycles. The first kappa shape index (κ1) is 17.8. The smallest absolute Gasteiger partial charge is 0.244 e. The molecule has 0 fully saturated rings. The van der Waals surface area contributed by atoms with E-state index in [2.05, 4.69) is 10.5 Å². The molecule has 1 aliphatic rings. The molecule has 0 unspecified atom stereocenters. The van der Waals surface area contributed by atoms with E-state index in [9.17, 15) is 4.79 Å². The topological polar surface area (TPSA) is 69.2 Å². The van der Waals surface area contributed by atoms with Gasteiger partial charge in [-0.05, 0) is 61.4 Å². The van der Waals surface area contributed by atoms with Crippen molar-refractivity contribution in [2.24, 2.45) is 5.10 Å². The Labute approximate surface area is 152 Å². The molecular formula is C20H22N2O4. The van der Waals surface area contributed by atoms with Gasteiger partial charge in [-0.3, -0.25) is 4.79 Å². The fourth-order valence-electron chi connectivity index (χ4n) is 2.59. The third-order valence-corrected chi connectivity index (χ3v) is 3.90. The number of carbonyl (C=O) groups is 1. The predicted molar refractivity (Wildman–Crippen MR) is 99.1 cm³/mol. The molecule has 0 atom stereocenters. The zero-order valence-corrected chi connectivity index (χ0v) is 15.0. The van der Waals surface area contributed by atoms with E-state index in [-0.39, 0.29) is 12.3 Å². The van der Waals surface area contributed by atoms with Crippen LogP contribution < -0.4 is 19.6 Å². The van der Waals surface area contributed by atoms with E-state index in [0.29, 0.717) is 31.3 Å². The van der Waals surface area contributed by atoms with Crippen LogP contribution in [0.4, 0.5) is 0 Å². The number of hydrogen-bond donors (Lipinski definition) is 1. The van der Waals surface area contributed by atoms with E-state index >= 15 is 0 Å². The van der Waals surface area contributed by atoms with Gasteiger partial charge in [-0.25, -0.2) is 5.43 Å². The number of amides is 1. The lowest BCUT2D eigenvalue weighted by Crippen LogP contribution is -2.21. The van der Waals surface area contributed by atoms with E-state index in [4.69, 9.17) is 14.2 Å². The summed E-state index contributed by atoms with van der Waals surface area (Å²) in [6, 6.07) is 13.1. The molecule has 0 spiro atoms. The van der Waals surface area contributed by atoms with E-state index in [1.165, 1.54) is 0 Å². The predicted octanol–water partition coefficient (Wildman–Crippen LogP) is 2.94. The van der Waals surface area contributed by atoms with E-state index < -0.39 is 0 Å². The highest BCUT2D eigenvalue weighted by molar-refractivity contribution is 5.99. The quantitative estimate of drug-likeness (QED) is 0.640. The number of carbonyl (C=O) groups excluding carboxylic acids is 1. The van der Waals surface area contributed by atoms with Crippen LogP contribution in [0.3, 0.4) is 0 Å². The summed E-state index contributed by atoms with van der Waals surface area (Å²) >= 11 is 0. The fraction of sp³-hybridized carbons (Fsp3) is 0.300. The minimum atomic E-state index is -0.188. The van der Waals surface area contributed by atoms with Crippen molar-refractivity contribution in [3.63, 3.8) is 0 Å². The van der Waals surface area contributed by atoms with Gasteiger partial charge in [0.1, 0.15) is 19.0 Å². The highest BCUT2D eigenvalue weighted by atomic mass is 16.6. The Morgan fingerprint density at radius 3 is 2.58 bits per heavy atom. The van der Waals surface area contributed by atoms with Crippen molar-refractivity contribution in [2.75, 3.05) is 19.8 Å². The van der Waals surface area contributed by atoms with Gasteiger partial charge >= 0.3 is 0 Å². The molecule has 1 amide bonds. The third kappa shape index (κ3) is 4.53.